The number of carboxylic acid groups (broad SMARTS) is 1. The minimum Gasteiger partial charge on any atom is -0.505 e. The van der Waals surface area contributed by atoms with E-state index >= 15 is 0 Å². The number of carbonyl (C=O) groups is 1. The van der Waals surface area contributed by atoms with Gasteiger partial charge in [-0.2, -0.15) is 0 Å². The van der Waals surface area contributed by atoms with Gasteiger partial charge in [0, 0.05) is 11.8 Å². The number of hydrogen-bond donors (Lipinski definition) is 6. The average molecular weight is 376 g/mol. The predicted molar refractivity (Wildman–Crippen MR) is 87.9 cm³/mol. The molecule has 0 amide bonds. The fourth-order valence-corrected chi connectivity index (χ4v) is 2.28. The van der Waals surface area contributed by atoms with Crippen molar-refractivity contribution in [1.29, 1.82) is 0 Å². The number of aliphatic carboxylic acids is 1. The highest BCUT2D eigenvalue weighted by Gasteiger charge is 2.22. The lowest BCUT2D eigenvalue weighted by Gasteiger charge is -2.15. The zero-order chi connectivity index (χ0) is 19.2. The maximum Gasteiger partial charge on any atom is 0.469 e. The summed E-state index contributed by atoms with van der Waals surface area (Å²) in [5.74, 6) is -1.90. The van der Waals surface area contributed by atoms with E-state index in [1.165, 1.54) is 13.1 Å². The molecule has 1 heterocycles. The molecule has 1 rings (SSSR count). The maximum atomic E-state index is 11.3. The van der Waals surface area contributed by atoms with E-state index in [4.69, 9.17) is 21.3 Å². The van der Waals surface area contributed by atoms with Gasteiger partial charge in [-0.1, -0.05) is 0 Å². The molecular formula is C13H21N4O7P. The third kappa shape index (κ3) is 6.40. The van der Waals surface area contributed by atoms with E-state index in [1.54, 1.807) is 0 Å². The molecule has 0 fully saturated rings. The van der Waals surface area contributed by atoms with Crippen LogP contribution in [-0.4, -0.2) is 49.4 Å². The molecule has 11 nitrogen and oxygen atoms in total. The normalized spacial score (nSPS) is 13.7. The summed E-state index contributed by atoms with van der Waals surface area (Å²) in [7, 11) is -4.76. The lowest BCUT2D eigenvalue weighted by molar-refractivity contribution is -0.138. The van der Waals surface area contributed by atoms with Crippen LogP contribution in [-0.2, 0) is 20.5 Å². The second-order valence-corrected chi connectivity index (χ2v) is 6.40. The monoisotopic (exact) mass is 376 g/mol. The summed E-state index contributed by atoms with van der Waals surface area (Å²) in [6.07, 6.45) is 1.76. The van der Waals surface area contributed by atoms with Crippen LogP contribution < -0.4 is 11.5 Å². The first-order valence-electron chi connectivity index (χ1n) is 7.20. The van der Waals surface area contributed by atoms with Crippen LogP contribution in [0.15, 0.2) is 11.2 Å². The minimum atomic E-state index is -4.76. The highest BCUT2D eigenvalue weighted by molar-refractivity contribution is 7.46. The van der Waals surface area contributed by atoms with Crippen molar-refractivity contribution < 1.29 is 33.9 Å². The van der Waals surface area contributed by atoms with Crippen LogP contribution >= 0.6 is 7.82 Å². The smallest absolute Gasteiger partial charge is 0.469 e. The quantitative estimate of drug-likeness (QED) is 0.187. The molecule has 0 aliphatic heterocycles. The van der Waals surface area contributed by atoms with E-state index < -0.39 is 26.4 Å². The molecule has 0 bridgehead atoms. The zero-order valence-corrected chi connectivity index (χ0v) is 14.4. The number of amidine groups is 1. The van der Waals surface area contributed by atoms with Gasteiger partial charge in [-0.25, -0.2) is 9.36 Å². The fourth-order valence-electron chi connectivity index (χ4n) is 1.97. The molecule has 12 heteroatoms. The van der Waals surface area contributed by atoms with Crippen molar-refractivity contribution in [1.82, 2.24) is 4.98 Å². The van der Waals surface area contributed by atoms with Crippen molar-refractivity contribution in [2.24, 2.45) is 16.5 Å². The number of aliphatic imine (C=N–C) groups is 1. The number of nitrogens with zero attached hydrogens (tertiary/aromatic N) is 2. The third-order valence-corrected chi connectivity index (χ3v) is 3.69. The number of aromatic nitrogens is 1. The van der Waals surface area contributed by atoms with Crippen molar-refractivity contribution in [2.75, 3.05) is 6.54 Å². The number of pyridine rings is 1. The Morgan fingerprint density at radius 1 is 1.48 bits per heavy atom. The van der Waals surface area contributed by atoms with E-state index in [-0.39, 0.29) is 41.4 Å². The summed E-state index contributed by atoms with van der Waals surface area (Å²) in [6, 6.07) is -1.17. The lowest BCUT2D eigenvalue weighted by atomic mass is 10.1. The van der Waals surface area contributed by atoms with Gasteiger partial charge < -0.3 is 31.5 Å². The van der Waals surface area contributed by atoms with Crippen molar-refractivity contribution in [3.8, 4) is 5.75 Å². The number of aromatic hydroxyl groups is 1. The predicted octanol–water partition coefficient (Wildman–Crippen LogP) is -0.398. The number of aryl methyl sites for hydroxylation is 1. The van der Waals surface area contributed by atoms with Crippen LogP contribution in [0, 0.1) is 6.92 Å². The van der Waals surface area contributed by atoms with Crippen molar-refractivity contribution in [3.63, 3.8) is 0 Å². The molecule has 1 aromatic heterocycles. The summed E-state index contributed by atoms with van der Waals surface area (Å²) >= 11 is 0. The summed E-state index contributed by atoms with van der Waals surface area (Å²) in [6.45, 7) is 1.15. The van der Waals surface area contributed by atoms with E-state index in [2.05, 4.69) is 14.5 Å². The molecule has 25 heavy (non-hydrogen) atoms. The summed E-state index contributed by atoms with van der Waals surface area (Å²) in [5, 5.41) is 19.4. The van der Waals surface area contributed by atoms with Crippen molar-refractivity contribution in [2.45, 2.75) is 32.4 Å². The molecule has 1 atom stereocenters. The van der Waals surface area contributed by atoms with E-state index in [1.807, 2.05) is 0 Å². The Morgan fingerprint density at radius 3 is 2.64 bits per heavy atom. The number of carboxylic acids is 1. The molecule has 0 unspecified atom stereocenters. The van der Waals surface area contributed by atoms with E-state index in [0.29, 0.717) is 6.42 Å². The molecule has 0 aromatic carbocycles. The van der Waals surface area contributed by atoms with Crippen LogP contribution in [0.2, 0.25) is 0 Å². The number of phosphoric acid groups is 1. The second-order valence-electron chi connectivity index (χ2n) is 5.16. The van der Waals surface area contributed by atoms with Crippen LogP contribution in [0.3, 0.4) is 0 Å². The molecular weight excluding hydrogens is 355 g/mol. The first kappa shape index (κ1) is 21.0. The van der Waals surface area contributed by atoms with Gasteiger partial charge >= 0.3 is 13.8 Å². The highest BCUT2D eigenvalue weighted by atomic mass is 31.2. The van der Waals surface area contributed by atoms with Gasteiger partial charge in [0.25, 0.3) is 0 Å². The fraction of sp³-hybridized carbons (Fsp3) is 0.462. The first-order chi connectivity index (χ1) is 11.6. The second kappa shape index (κ2) is 8.88. The van der Waals surface area contributed by atoms with Gasteiger partial charge in [-0.05, 0) is 26.3 Å². The van der Waals surface area contributed by atoms with Gasteiger partial charge in [0.2, 0.25) is 0 Å². The Kier molecular flexibility index (Phi) is 7.46. The maximum absolute atomic E-state index is 11.3. The number of rotatable bonds is 9. The lowest BCUT2D eigenvalue weighted by Crippen LogP contribution is -2.26. The Balaban J connectivity index is 3.27. The SMILES string of the molecule is Cc1ncc(COP(=O)(O)O)c(C(N)=N[C@H](CCCN)C(=O)O)c1O. The molecule has 140 valence electrons. The van der Waals surface area contributed by atoms with Crippen LogP contribution in [0.1, 0.15) is 29.7 Å². The van der Waals surface area contributed by atoms with E-state index in [9.17, 15) is 19.6 Å². The average Bonchev–Trinajstić information content (AvgIpc) is 2.51. The Labute approximate surface area is 143 Å². The largest absolute Gasteiger partial charge is 0.505 e. The standard InChI is InChI=1S/C13H21N4O7P/c1-7-11(18)10(8(5-16-7)6-24-25(21,22)23)12(15)17-9(13(19)20)3-2-4-14/h5,9,18H,2-4,6,14H2,1H3,(H2,15,17)(H,19,20)(H2,21,22,23)/t9-/m1/s1. The summed E-state index contributed by atoms with van der Waals surface area (Å²) in [5.41, 5.74) is 11.3. The number of phosphoric ester groups is 1. The summed E-state index contributed by atoms with van der Waals surface area (Å²) in [4.78, 5) is 36.6. The number of hydrogen-bond acceptors (Lipinski definition) is 7. The molecule has 0 aliphatic carbocycles. The Morgan fingerprint density at radius 2 is 2.12 bits per heavy atom. The van der Waals surface area contributed by atoms with Gasteiger partial charge in [0.1, 0.15) is 17.6 Å². The molecule has 0 spiro atoms. The Hall–Kier alpha value is -2.04. The summed E-state index contributed by atoms with van der Waals surface area (Å²) < 4.78 is 15.3. The highest BCUT2D eigenvalue weighted by Crippen LogP contribution is 2.38. The molecule has 8 N–H and O–H groups in total. The Bertz CT molecular complexity index is 704. The van der Waals surface area contributed by atoms with Crippen LogP contribution in [0.25, 0.3) is 0 Å². The van der Waals surface area contributed by atoms with Gasteiger partial charge in [0.05, 0.1) is 17.9 Å². The van der Waals surface area contributed by atoms with Crippen molar-refractivity contribution in [3.05, 3.63) is 23.0 Å². The van der Waals surface area contributed by atoms with Gasteiger partial charge in [0.15, 0.2) is 0 Å². The van der Waals surface area contributed by atoms with Gasteiger partial charge in [-0.15, -0.1) is 0 Å². The van der Waals surface area contributed by atoms with Crippen molar-refractivity contribution >= 4 is 19.6 Å². The zero-order valence-electron chi connectivity index (χ0n) is 13.5. The molecule has 0 radical (unpaired) electrons. The molecule has 0 saturated carbocycles. The minimum absolute atomic E-state index is 0.0515. The number of nitrogens with two attached hydrogens (primary N) is 2. The van der Waals surface area contributed by atoms with Crippen LogP contribution in [0.4, 0.5) is 0 Å². The molecule has 0 saturated heterocycles. The molecule has 1 aromatic rings. The first-order valence-corrected chi connectivity index (χ1v) is 8.74. The van der Waals surface area contributed by atoms with Crippen LogP contribution in [0.5, 0.6) is 5.75 Å². The molecule has 0 aliphatic rings. The third-order valence-electron chi connectivity index (χ3n) is 3.22. The van der Waals surface area contributed by atoms with Gasteiger partial charge in [-0.3, -0.25) is 14.5 Å². The topological polar surface area (TPSA) is 202 Å². The van der Waals surface area contributed by atoms with E-state index in [0.717, 1.165) is 0 Å².